The van der Waals surface area contributed by atoms with Gasteiger partial charge in [-0.05, 0) is 28.8 Å². The summed E-state index contributed by atoms with van der Waals surface area (Å²) >= 11 is 0. The lowest BCUT2D eigenvalue weighted by atomic mass is 10.00. The van der Waals surface area contributed by atoms with Crippen LogP contribution in [0.2, 0.25) is 0 Å². The number of carbonyl (C=O) groups excluding carboxylic acids is 2. The summed E-state index contributed by atoms with van der Waals surface area (Å²) in [5, 5.41) is 10.5. The number of rotatable bonds is 6. The molecule has 0 fully saturated rings. The number of benzene rings is 3. The Hall–Kier alpha value is -3.34. The zero-order valence-corrected chi connectivity index (χ0v) is 15.2. The zero-order valence-electron chi connectivity index (χ0n) is 15.2. The van der Waals surface area contributed by atoms with E-state index in [2.05, 4.69) is 16.0 Å². The van der Waals surface area contributed by atoms with Gasteiger partial charge < -0.3 is 16.0 Å². The molecule has 0 aliphatic carbocycles. The molecule has 1 unspecified atom stereocenters. The van der Waals surface area contributed by atoms with Crippen molar-refractivity contribution in [3.05, 3.63) is 83.9 Å². The number of carbonyl (C=O) groups is 2. The third kappa shape index (κ3) is 5.07. The molecule has 3 amide bonds. The molecule has 0 spiro atoms. The maximum Gasteiger partial charge on any atom is 0.315 e. The molecule has 3 N–H and O–H groups in total. The second-order valence-electron chi connectivity index (χ2n) is 6.38. The van der Waals surface area contributed by atoms with Crippen molar-refractivity contribution in [1.82, 2.24) is 16.0 Å². The van der Waals surface area contributed by atoms with Gasteiger partial charge in [0.05, 0.1) is 12.6 Å². The number of hydrogen-bond donors (Lipinski definition) is 3. The SMILES string of the molecule is CC(NC(=O)CNC(=O)NCc1ccccc1)c1cccc2ccccc12. The predicted molar refractivity (Wildman–Crippen MR) is 107 cm³/mol. The van der Waals surface area contributed by atoms with E-state index in [1.165, 1.54) is 0 Å². The summed E-state index contributed by atoms with van der Waals surface area (Å²) < 4.78 is 0. The number of amides is 3. The Kier molecular flexibility index (Phi) is 6.05. The molecule has 0 aromatic heterocycles. The van der Waals surface area contributed by atoms with Gasteiger partial charge >= 0.3 is 6.03 Å². The minimum absolute atomic E-state index is 0.0737. The van der Waals surface area contributed by atoms with Crippen LogP contribution in [-0.2, 0) is 11.3 Å². The Balaban J connectivity index is 1.49. The highest BCUT2D eigenvalue weighted by atomic mass is 16.2. The van der Waals surface area contributed by atoms with E-state index in [1.807, 2.05) is 79.7 Å². The minimum atomic E-state index is -0.369. The van der Waals surface area contributed by atoms with Gasteiger partial charge in [-0.2, -0.15) is 0 Å². The van der Waals surface area contributed by atoms with Gasteiger partial charge in [0.2, 0.25) is 5.91 Å². The summed E-state index contributed by atoms with van der Waals surface area (Å²) in [6, 6.07) is 23.2. The van der Waals surface area contributed by atoms with E-state index in [0.29, 0.717) is 6.54 Å². The smallest absolute Gasteiger partial charge is 0.315 e. The lowest BCUT2D eigenvalue weighted by molar-refractivity contribution is -0.120. The van der Waals surface area contributed by atoms with Gasteiger partial charge in [-0.15, -0.1) is 0 Å². The molecule has 0 radical (unpaired) electrons. The third-order valence-corrected chi connectivity index (χ3v) is 4.37. The molecule has 0 heterocycles. The lowest BCUT2D eigenvalue weighted by Gasteiger charge is -2.17. The molecule has 27 heavy (non-hydrogen) atoms. The van der Waals surface area contributed by atoms with Crippen LogP contribution < -0.4 is 16.0 Å². The van der Waals surface area contributed by atoms with Gasteiger partial charge in [0.1, 0.15) is 0 Å². The average Bonchev–Trinajstić information content (AvgIpc) is 2.71. The van der Waals surface area contributed by atoms with Crippen molar-refractivity contribution in [1.29, 1.82) is 0 Å². The Bertz CT molecular complexity index is 920. The van der Waals surface area contributed by atoms with Crippen LogP contribution in [0.15, 0.2) is 72.8 Å². The fraction of sp³-hybridized carbons (Fsp3) is 0.182. The maximum absolute atomic E-state index is 12.2. The quantitative estimate of drug-likeness (QED) is 0.629. The van der Waals surface area contributed by atoms with Crippen LogP contribution in [0.5, 0.6) is 0 Å². The largest absolute Gasteiger partial charge is 0.348 e. The van der Waals surface area contributed by atoms with Gasteiger partial charge in [-0.25, -0.2) is 4.79 Å². The Morgan fingerprint density at radius 1 is 0.852 bits per heavy atom. The van der Waals surface area contributed by atoms with Gasteiger partial charge in [0.15, 0.2) is 0 Å². The van der Waals surface area contributed by atoms with Crippen molar-refractivity contribution in [3.8, 4) is 0 Å². The summed E-state index contributed by atoms with van der Waals surface area (Å²) in [6.07, 6.45) is 0. The van der Waals surface area contributed by atoms with Crippen molar-refractivity contribution >= 4 is 22.7 Å². The molecule has 138 valence electrons. The topological polar surface area (TPSA) is 70.2 Å². The van der Waals surface area contributed by atoms with Crippen LogP contribution in [0.3, 0.4) is 0 Å². The van der Waals surface area contributed by atoms with Gasteiger partial charge in [0, 0.05) is 6.54 Å². The van der Waals surface area contributed by atoms with Gasteiger partial charge in [-0.3, -0.25) is 4.79 Å². The van der Waals surface area contributed by atoms with Crippen molar-refractivity contribution in [2.24, 2.45) is 0 Å². The van der Waals surface area contributed by atoms with Crippen molar-refractivity contribution in [2.45, 2.75) is 19.5 Å². The zero-order chi connectivity index (χ0) is 19.1. The highest BCUT2D eigenvalue weighted by molar-refractivity contribution is 5.88. The Labute approximate surface area is 158 Å². The van der Waals surface area contributed by atoms with Crippen LogP contribution in [0, 0.1) is 0 Å². The molecule has 3 aromatic carbocycles. The lowest BCUT2D eigenvalue weighted by Crippen LogP contribution is -2.42. The van der Waals surface area contributed by atoms with E-state index >= 15 is 0 Å². The molecule has 0 aliphatic rings. The maximum atomic E-state index is 12.2. The second-order valence-corrected chi connectivity index (χ2v) is 6.38. The molecule has 3 aromatic rings. The normalized spacial score (nSPS) is 11.6. The third-order valence-electron chi connectivity index (χ3n) is 4.37. The van der Waals surface area contributed by atoms with E-state index in [9.17, 15) is 9.59 Å². The van der Waals surface area contributed by atoms with Crippen molar-refractivity contribution in [3.63, 3.8) is 0 Å². The number of fused-ring (bicyclic) bond motifs is 1. The Morgan fingerprint density at radius 2 is 1.56 bits per heavy atom. The first-order valence-electron chi connectivity index (χ1n) is 8.96. The van der Waals surface area contributed by atoms with E-state index in [1.54, 1.807) is 0 Å². The first-order chi connectivity index (χ1) is 13.1. The van der Waals surface area contributed by atoms with E-state index in [0.717, 1.165) is 21.9 Å². The van der Waals surface area contributed by atoms with Crippen molar-refractivity contribution in [2.75, 3.05) is 6.54 Å². The molecule has 3 rings (SSSR count). The van der Waals surface area contributed by atoms with Crippen LogP contribution in [0.1, 0.15) is 24.1 Å². The summed E-state index contributed by atoms with van der Waals surface area (Å²) in [5.41, 5.74) is 2.05. The standard InChI is InChI=1S/C22H23N3O2/c1-16(19-13-7-11-18-10-5-6-12-20(18)19)25-21(26)15-24-22(27)23-14-17-8-3-2-4-9-17/h2-13,16H,14-15H2,1H3,(H,25,26)(H2,23,24,27). The van der Waals surface area contributed by atoms with Crippen LogP contribution in [-0.4, -0.2) is 18.5 Å². The summed E-state index contributed by atoms with van der Waals surface area (Å²) in [7, 11) is 0. The number of urea groups is 1. The summed E-state index contributed by atoms with van der Waals surface area (Å²) in [6.45, 7) is 2.28. The van der Waals surface area contributed by atoms with E-state index in [-0.39, 0.29) is 24.5 Å². The molecule has 5 heteroatoms. The molecule has 0 saturated heterocycles. The molecule has 1 atom stereocenters. The first kappa shape index (κ1) is 18.5. The monoisotopic (exact) mass is 361 g/mol. The van der Waals surface area contributed by atoms with E-state index in [4.69, 9.17) is 0 Å². The number of nitrogens with one attached hydrogen (secondary N) is 3. The highest BCUT2D eigenvalue weighted by Gasteiger charge is 2.12. The molecular formula is C22H23N3O2. The fourth-order valence-corrected chi connectivity index (χ4v) is 3.00. The van der Waals surface area contributed by atoms with Crippen LogP contribution >= 0.6 is 0 Å². The summed E-state index contributed by atoms with van der Waals surface area (Å²) in [4.78, 5) is 24.0. The minimum Gasteiger partial charge on any atom is -0.348 e. The molecule has 0 saturated carbocycles. The molecule has 0 aliphatic heterocycles. The molecular weight excluding hydrogens is 338 g/mol. The Morgan fingerprint density at radius 3 is 2.37 bits per heavy atom. The highest BCUT2D eigenvalue weighted by Crippen LogP contribution is 2.23. The average molecular weight is 361 g/mol. The summed E-state index contributed by atoms with van der Waals surface area (Å²) in [5.74, 6) is -0.231. The molecule has 5 nitrogen and oxygen atoms in total. The second kappa shape index (κ2) is 8.85. The fourth-order valence-electron chi connectivity index (χ4n) is 3.00. The first-order valence-corrected chi connectivity index (χ1v) is 8.96. The number of hydrogen-bond acceptors (Lipinski definition) is 2. The predicted octanol–water partition coefficient (Wildman–Crippen LogP) is 3.52. The van der Waals surface area contributed by atoms with Crippen LogP contribution in [0.4, 0.5) is 4.79 Å². The van der Waals surface area contributed by atoms with E-state index < -0.39 is 0 Å². The molecule has 0 bridgehead atoms. The van der Waals surface area contributed by atoms with Gasteiger partial charge in [-0.1, -0.05) is 72.8 Å². The van der Waals surface area contributed by atoms with Gasteiger partial charge in [0.25, 0.3) is 0 Å². The van der Waals surface area contributed by atoms with Crippen molar-refractivity contribution < 1.29 is 9.59 Å². The van der Waals surface area contributed by atoms with Crippen LogP contribution in [0.25, 0.3) is 10.8 Å².